The molecule has 1 atom stereocenters. The van der Waals surface area contributed by atoms with Gasteiger partial charge in [-0.3, -0.25) is 4.79 Å². The van der Waals surface area contributed by atoms with Crippen LogP contribution in [0.2, 0.25) is 0 Å². The summed E-state index contributed by atoms with van der Waals surface area (Å²) in [6, 6.07) is 8.31. The predicted molar refractivity (Wildman–Crippen MR) is 78.8 cm³/mol. The number of carboxylic acids is 1. The van der Waals surface area contributed by atoms with E-state index in [4.69, 9.17) is 5.11 Å². The van der Waals surface area contributed by atoms with E-state index in [1.54, 1.807) is 0 Å². The first-order valence-corrected chi connectivity index (χ1v) is 7.58. The lowest BCUT2D eigenvalue weighted by Gasteiger charge is -2.25. The molecule has 1 aromatic carbocycles. The van der Waals surface area contributed by atoms with E-state index in [0.29, 0.717) is 0 Å². The van der Waals surface area contributed by atoms with Crippen molar-refractivity contribution >= 4 is 23.2 Å². The fourth-order valence-electron chi connectivity index (χ4n) is 2.54. The lowest BCUT2D eigenvalue weighted by Crippen LogP contribution is -2.38. The van der Waals surface area contributed by atoms with Gasteiger partial charge in [-0.15, -0.1) is 11.3 Å². The average Bonchev–Trinajstić information content (AvgIpc) is 2.97. The highest BCUT2D eigenvalue weighted by Gasteiger charge is 2.22. The normalized spacial score (nSPS) is 17.0. The van der Waals surface area contributed by atoms with Gasteiger partial charge in [-0.25, -0.2) is 9.78 Å². The summed E-state index contributed by atoms with van der Waals surface area (Å²) in [5.74, 6) is -1.41. The summed E-state index contributed by atoms with van der Waals surface area (Å²) in [5, 5.41) is 13.3. The van der Waals surface area contributed by atoms with Gasteiger partial charge in [0.15, 0.2) is 10.7 Å². The fourth-order valence-corrected chi connectivity index (χ4v) is 3.24. The molecule has 1 heterocycles. The lowest BCUT2D eigenvalue weighted by atomic mass is 9.88. The highest BCUT2D eigenvalue weighted by molar-refractivity contribution is 7.11. The second-order valence-electron chi connectivity index (χ2n) is 5.02. The first kappa shape index (κ1) is 13.8. The lowest BCUT2D eigenvalue weighted by molar-refractivity contribution is 0.0691. The number of carbonyl (C=O) groups excluding carboxylic acids is 1. The molecule has 0 saturated heterocycles. The molecule has 1 amide bonds. The van der Waals surface area contributed by atoms with Crippen molar-refractivity contribution in [2.45, 2.75) is 25.3 Å². The van der Waals surface area contributed by atoms with E-state index in [2.05, 4.69) is 22.4 Å². The van der Waals surface area contributed by atoms with E-state index < -0.39 is 5.97 Å². The second kappa shape index (κ2) is 5.65. The Morgan fingerprint density at radius 3 is 2.76 bits per heavy atom. The van der Waals surface area contributed by atoms with E-state index in [1.165, 1.54) is 16.5 Å². The van der Waals surface area contributed by atoms with Crippen LogP contribution in [0.25, 0.3) is 0 Å². The Labute approximate surface area is 125 Å². The van der Waals surface area contributed by atoms with Crippen molar-refractivity contribution in [3.63, 3.8) is 0 Å². The van der Waals surface area contributed by atoms with Crippen LogP contribution in [0, 0.1) is 0 Å². The highest BCUT2D eigenvalue weighted by Crippen LogP contribution is 2.21. The van der Waals surface area contributed by atoms with Gasteiger partial charge in [-0.05, 0) is 30.4 Å². The summed E-state index contributed by atoms with van der Waals surface area (Å²) in [6.45, 7) is 0. The minimum atomic E-state index is -1.11. The predicted octanol–water partition coefficient (Wildman–Crippen LogP) is 2.13. The number of amides is 1. The van der Waals surface area contributed by atoms with E-state index in [0.717, 1.165) is 30.6 Å². The van der Waals surface area contributed by atoms with Crippen LogP contribution in [-0.2, 0) is 12.8 Å². The van der Waals surface area contributed by atoms with Gasteiger partial charge in [0.25, 0.3) is 5.91 Å². The van der Waals surface area contributed by atoms with E-state index >= 15 is 0 Å². The SMILES string of the molecule is O=C(O)c1csc(C(=O)NC2CCc3ccccc3C2)n1. The van der Waals surface area contributed by atoms with Gasteiger partial charge in [0, 0.05) is 11.4 Å². The Balaban J connectivity index is 1.67. The number of nitrogens with zero attached hydrogens (tertiary/aromatic N) is 1. The standard InChI is InChI=1S/C15H14N2O3S/c18-13(14-17-12(8-21-14)15(19)20)16-11-6-5-9-3-1-2-4-10(9)7-11/h1-4,8,11H,5-7H2,(H,16,18)(H,19,20). The topological polar surface area (TPSA) is 79.3 Å². The van der Waals surface area contributed by atoms with Crippen molar-refractivity contribution in [2.24, 2.45) is 0 Å². The third-order valence-corrected chi connectivity index (χ3v) is 4.44. The Hall–Kier alpha value is -2.21. The Morgan fingerprint density at radius 1 is 1.29 bits per heavy atom. The summed E-state index contributed by atoms with van der Waals surface area (Å²) in [4.78, 5) is 26.7. The second-order valence-corrected chi connectivity index (χ2v) is 5.88. The molecule has 0 radical (unpaired) electrons. The minimum Gasteiger partial charge on any atom is -0.476 e. The number of nitrogens with one attached hydrogen (secondary N) is 1. The van der Waals surface area contributed by atoms with Gasteiger partial charge in [0.2, 0.25) is 0 Å². The van der Waals surface area contributed by atoms with E-state index in [9.17, 15) is 9.59 Å². The molecule has 0 fully saturated rings. The third kappa shape index (κ3) is 2.95. The number of aromatic nitrogens is 1. The summed E-state index contributed by atoms with van der Waals surface area (Å²) in [5.41, 5.74) is 2.52. The number of aryl methyl sites for hydroxylation is 1. The Morgan fingerprint density at radius 2 is 2.05 bits per heavy atom. The first-order valence-electron chi connectivity index (χ1n) is 6.70. The molecule has 0 aliphatic heterocycles. The van der Waals surface area contributed by atoms with Crippen LogP contribution >= 0.6 is 11.3 Å². The van der Waals surface area contributed by atoms with Crippen molar-refractivity contribution in [3.8, 4) is 0 Å². The smallest absolute Gasteiger partial charge is 0.355 e. The quantitative estimate of drug-likeness (QED) is 0.910. The van der Waals surface area contributed by atoms with Gasteiger partial charge < -0.3 is 10.4 Å². The van der Waals surface area contributed by atoms with Gasteiger partial charge in [0.05, 0.1) is 0 Å². The molecule has 108 valence electrons. The van der Waals surface area contributed by atoms with Crippen molar-refractivity contribution in [3.05, 3.63) is 51.5 Å². The van der Waals surface area contributed by atoms with Gasteiger partial charge in [-0.1, -0.05) is 24.3 Å². The molecular formula is C15H14N2O3S. The molecule has 1 aliphatic carbocycles. The molecule has 6 heteroatoms. The molecule has 1 aromatic heterocycles. The molecule has 0 saturated carbocycles. The molecule has 21 heavy (non-hydrogen) atoms. The zero-order valence-corrected chi connectivity index (χ0v) is 12.0. The average molecular weight is 302 g/mol. The number of hydrogen-bond donors (Lipinski definition) is 2. The number of benzene rings is 1. The maximum Gasteiger partial charge on any atom is 0.355 e. The maximum atomic E-state index is 12.1. The summed E-state index contributed by atoms with van der Waals surface area (Å²) in [6.07, 6.45) is 2.64. The molecule has 1 unspecified atom stereocenters. The number of carbonyl (C=O) groups is 2. The van der Waals surface area contributed by atoms with E-state index in [-0.39, 0.29) is 22.7 Å². The van der Waals surface area contributed by atoms with Gasteiger partial charge in [0.1, 0.15) is 0 Å². The zero-order chi connectivity index (χ0) is 14.8. The molecule has 3 rings (SSSR count). The van der Waals surface area contributed by atoms with Crippen LogP contribution in [0.1, 0.15) is 37.8 Å². The first-order chi connectivity index (χ1) is 10.1. The van der Waals surface area contributed by atoms with Gasteiger partial charge in [-0.2, -0.15) is 0 Å². The molecule has 0 spiro atoms. The van der Waals surface area contributed by atoms with Crippen LogP contribution in [0.5, 0.6) is 0 Å². The monoisotopic (exact) mass is 302 g/mol. The number of thiazole rings is 1. The van der Waals surface area contributed by atoms with Crippen LogP contribution < -0.4 is 5.32 Å². The molecule has 2 aromatic rings. The van der Waals surface area contributed by atoms with Crippen molar-refractivity contribution in [2.75, 3.05) is 0 Å². The van der Waals surface area contributed by atoms with Crippen molar-refractivity contribution in [1.29, 1.82) is 0 Å². The maximum absolute atomic E-state index is 12.1. The summed E-state index contributed by atoms with van der Waals surface area (Å²) >= 11 is 1.06. The largest absolute Gasteiger partial charge is 0.476 e. The number of aromatic carboxylic acids is 1. The van der Waals surface area contributed by atoms with Crippen molar-refractivity contribution in [1.82, 2.24) is 10.3 Å². The third-order valence-electron chi connectivity index (χ3n) is 3.60. The zero-order valence-electron chi connectivity index (χ0n) is 11.2. The summed E-state index contributed by atoms with van der Waals surface area (Å²) in [7, 11) is 0. The van der Waals surface area contributed by atoms with E-state index in [1.807, 2.05) is 12.1 Å². The molecular weight excluding hydrogens is 288 g/mol. The highest BCUT2D eigenvalue weighted by atomic mass is 32.1. The van der Waals surface area contributed by atoms with Crippen LogP contribution in [0.15, 0.2) is 29.6 Å². The number of fused-ring (bicyclic) bond motifs is 1. The number of carboxylic acid groups (broad SMARTS) is 1. The Bertz CT molecular complexity index is 696. The number of hydrogen-bond acceptors (Lipinski definition) is 4. The van der Waals surface area contributed by atoms with Gasteiger partial charge >= 0.3 is 5.97 Å². The molecule has 0 bridgehead atoms. The number of rotatable bonds is 3. The summed E-state index contributed by atoms with van der Waals surface area (Å²) < 4.78 is 0. The van der Waals surface area contributed by atoms with Crippen LogP contribution in [0.4, 0.5) is 0 Å². The van der Waals surface area contributed by atoms with Crippen LogP contribution in [-0.4, -0.2) is 28.0 Å². The van der Waals surface area contributed by atoms with Crippen molar-refractivity contribution < 1.29 is 14.7 Å². The molecule has 5 nitrogen and oxygen atoms in total. The fraction of sp³-hybridized carbons (Fsp3) is 0.267. The Kier molecular flexibility index (Phi) is 3.70. The van der Waals surface area contributed by atoms with Crippen LogP contribution in [0.3, 0.4) is 0 Å². The minimum absolute atomic E-state index is 0.0737. The molecule has 2 N–H and O–H groups in total. The molecule has 1 aliphatic rings.